The van der Waals surface area contributed by atoms with Crippen LogP contribution in [0.2, 0.25) is 10.0 Å². The van der Waals surface area contributed by atoms with Gasteiger partial charge in [0.05, 0.1) is 10.7 Å². The summed E-state index contributed by atoms with van der Waals surface area (Å²) in [6.45, 7) is 1.61. The second-order valence-corrected chi connectivity index (χ2v) is 5.19. The Morgan fingerprint density at radius 2 is 1.85 bits per heavy atom. The Hall–Kier alpha value is 0.180. The van der Waals surface area contributed by atoms with Crippen LogP contribution >= 0.6 is 46.4 Å². The summed E-state index contributed by atoms with van der Waals surface area (Å²) in [5, 5.41) is 3.87. The molecule has 1 nitrogen and oxygen atoms in total. The zero-order chi connectivity index (χ0) is 10.1. The predicted molar refractivity (Wildman–Crippen MR) is 60.2 cm³/mol. The highest BCUT2D eigenvalue weighted by Crippen LogP contribution is 2.30. The molecule has 0 amide bonds. The zero-order valence-corrected chi connectivity index (χ0v) is 9.77. The maximum atomic E-state index is 5.87. The van der Waals surface area contributed by atoms with Crippen LogP contribution in [0.5, 0.6) is 0 Å². The van der Waals surface area contributed by atoms with E-state index in [0.29, 0.717) is 15.7 Å². The molecule has 0 spiro atoms. The van der Waals surface area contributed by atoms with Gasteiger partial charge in [-0.2, -0.15) is 0 Å². The van der Waals surface area contributed by atoms with Crippen LogP contribution in [-0.4, -0.2) is 4.46 Å². The first kappa shape index (κ1) is 11.3. The molecule has 0 unspecified atom stereocenters. The number of benzene rings is 1. The number of rotatable bonds is 2. The lowest BCUT2D eigenvalue weighted by molar-refractivity contribution is 1.01. The van der Waals surface area contributed by atoms with Gasteiger partial charge in [0.1, 0.15) is 0 Å². The van der Waals surface area contributed by atoms with Gasteiger partial charge in [-0.05, 0) is 25.1 Å². The van der Waals surface area contributed by atoms with E-state index in [1.54, 1.807) is 25.1 Å². The molecule has 0 aliphatic rings. The molecular formula is C8H7Cl4N. The largest absolute Gasteiger partial charge is 0.353 e. The fraction of sp³-hybridized carbons (Fsp3) is 0.250. The molecule has 0 saturated carbocycles. The molecule has 0 atom stereocenters. The van der Waals surface area contributed by atoms with Gasteiger partial charge in [-0.3, -0.25) is 0 Å². The van der Waals surface area contributed by atoms with Crippen LogP contribution < -0.4 is 5.32 Å². The molecule has 0 aliphatic carbocycles. The molecule has 5 heteroatoms. The lowest BCUT2D eigenvalue weighted by Crippen LogP contribution is -2.19. The summed E-state index contributed by atoms with van der Waals surface area (Å²) >= 11 is 23.1. The average Bonchev–Trinajstić information content (AvgIpc) is 1.93. The van der Waals surface area contributed by atoms with Gasteiger partial charge in [0.2, 0.25) is 0 Å². The number of alkyl halides is 2. The topological polar surface area (TPSA) is 12.0 Å². The van der Waals surface area contributed by atoms with E-state index in [4.69, 9.17) is 46.4 Å². The van der Waals surface area contributed by atoms with Gasteiger partial charge in [-0.1, -0.05) is 46.4 Å². The molecule has 72 valence electrons. The van der Waals surface area contributed by atoms with Crippen molar-refractivity contribution in [2.24, 2.45) is 0 Å². The van der Waals surface area contributed by atoms with Crippen molar-refractivity contribution in [1.29, 1.82) is 0 Å². The molecule has 0 fully saturated rings. The second kappa shape index (κ2) is 4.14. The van der Waals surface area contributed by atoms with Crippen LogP contribution in [-0.2, 0) is 0 Å². The number of halogens is 4. The summed E-state index contributed by atoms with van der Waals surface area (Å²) in [6, 6.07) is 5.04. The molecule has 0 radical (unpaired) electrons. The van der Waals surface area contributed by atoms with E-state index < -0.39 is 4.46 Å². The minimum absolute atomic E-state index is 0.486. The van der Waals surface area contributed by atoms with Crippen molar-refractivity contribution < 1.29 is 0 Å². The van der Waals surface area contributed by atoms with Gasteiger partial charge in [-0.15, -0.1) is 0 Å². The highest BCUT2D eigenvalue weighted by atomic mass is 35.5. The van der Waals surface area contributed by atoms with E-state index in [-0.39, 0.29) is 0 Å². The number of nitrogens with one attached hydrogen (secondary N) is 1. The molecule has 0 aromatic heterocycles. The van der Waals surface area contributed by atoms with E-state index in [1.165, 1.54) is 0 Å². The van der Waals surface area contributed by atoms with E-state index in [9.17, 15) is 0 Å². The SMILES string of the molecule is CC(Cl)(Cl)Nc1ccc(Cl)cc1Cl. The summed E-state index contributed by atoms with van der Waals surface area (Å²) in [7, 11) is 0. The summed E-state index contributed by atoms with van der Waals surface area (Å²) in [5.74, 6) is 0. The highest BCUT2D eigenvalue weighted by Gasteiger charge is 2.16. The van der Waals surface area contributed by atoms with Crippen LogP contribution in [0.15, 0.2) is 18.2 Å². The number of hydrogen-bond donors (Lipinski definition) is 1. The summed E-state index contributed by atoms with van der Waals surface area (Å²) in [4.78, 5) is 0. The Bertz CT molecular complexity index is 306. The quantitative estimate of drug-likeness (QED) is 0.606. The smallest absolute Gasteiger partial charge is 0.185 e. The van der Waals surface area contributed by atoms with Gasteiger partial charge in [0.15, 0.2) is 4.46 Å². The Labute approximate surface area is 96.9 Å². The van der Waals surface area contributed by atoms with Crippen molar-refractivity contribution in [3.8, 4) is 0 Å². The molecule has 0 heterocycles. The maximum Gasteiger partial charge on any atom is 0.185 e. The van der Waals surface area contributed by atoms with Crippen LogP contribution in [0.4, 0.5) is 5.69 Å². The highest BCUT2D eigenvalue weighted by molar-refractivity contribution is 6.49. The second-order valence-electron chi connectivity index (χ2n) is 2.64. The van der Waals surface area contributed by atoms with Crippen LogP contribution in [0.1, 0.15) is 6.92 Å². The minimum atomic E-state index is -1.04. The van der Waals surface area contributed by atoms with E-state index in [0.717, 1.165) is 0 Å². The van der Waals surface area contributed by atoms with Crippen molar-refractivity contribution in [1.82, 2.24) is 0 Å². The molecule has 1 N–H and O–H groups in total. The van der Waals surface area contributed by atoms with Crippen LogP contribution in [0.25, 0.3) is 0 Å². The first-order valence-corrected chi connectivity index (χ1v) is 5.01. The Morgan fingerprint density at radius 1 is 1.23 bits per heavy atom. The molecular weight excluding hydrogens is 252 g/mol. The Morgan fingerprint density at radius 3 is 2.31 bits per heavy atom. The molecule has 1 aromatic rings. The zero-order valence-electron chi connectivity index (χ0n) is 6.74. The van der Waals surface area contributed by atoms with Gasteiger partial charge in [0, 0.05) is 5.02 Å². The molecule has 13 heavy (non-hydrogen) atoms. The average molecular weight is 259 g/mol. The summed E-state index contributed by atoms with van der Waals surface area (Å²) in [5.41, 5.74) is 0.651. The van der Waals surface area contributed by atoms with Crippen molar-refractivity contribution >= 4 is 52.1 Å². The summed E-state index contributed by atoms with van der Waals surface area (Å²) < 4.78 is -1.04. The minimum Gasteiger partial charge on any atom is -0.353 e. The van der Waals surface area contributed by atoms with Crippen molar-refractivity contribution in [2.45, 2.75) is 11.4 Å². The lowest BCUT2D eigenvalue weighted by atomic mass is 10.3. The molecule has 1 rings (SSSR count). The number of hydrogen-bond acceptors (Lipinski definition) is 1. The van der Waals surface area contributed by atoms with E-state index >= 15 is 0 Å². The third-order valence-corrected chi connectivity index (χ3v) is 2.02. The van der Waals surface area contributed by atoms with Gasteiger partial charge < -0.3 is 5.32 Å². The normalized spacial score (nSPS) is 11.5. The first-order chi connectivity index (χ1) is 5.88. The first-order valence-electron chi connectivity index (χ1n) is 3.49. The molecule has 0 saturated heterocycles. The van der Waals surface area contributed by atoms with Crippen molar-refractivity contribution in [3.05, 3.63) is 28.2 Å². The fourth-order valence-electron chi connectivity index (χ4n) is 0.827. The molecule has 1 aromatic carbocycles. The third kappa shape index (κ3) is 3.82. The van der Waals surface area contributed by atoms with Gasteiger partial charge in [0.25, 0.3) is 0 Å². The van der Waals surface area contributed by atoms with Crippen LogP contribution in [0.3, 0.4) is 0 Å². The van der Waals surface area contributed by atoms with E-state index in [2.05, 4.69) is 5.32 Å². The Kier molecular flexibility index (Phi) is 3.58. The molecule has 0 aliphatic heterocycles. The van der Waals surface area contributed by atoms with Crippen LogP contribution in [0, 0.1) is 0 Å². The lowest BCUT2D eigenvalue weighted by Gasteiger charge is -2.17. The molecule has 0 bridgehead atoms. The van der Waals surface area contributed by atoms with E-state index in [1.807, 2.05) is 0 Å². The summed E-state index contributed by atoms with van der Waals surface area (Å²) in [6.07, 6.45) is 0. The standard InChI is InChI=1S/C8H7Cl4N/c1-8(11,12)13-7-3-2-5(9)4-6(7)10/h2-4,13H,1H3. The fourth-order valence-corrected chi connectivity index (χ4v) is 1.49. The van der Waals surface area contributed by atoms with Gasteiger partial charge in [-0.25, -0.2) is 0 Å². The number of anilines is 1. The monoisotopic (exact) mass is 257 g/mol. The third-order valence-electron chi connectivity index (χ3n) is 1.29. The maximum absolute atomic E-state index is 5.87. The van der Waals surface area contributed by atoms with Crippen molar-refractivity contribution in [3.63, 3.8) is 0 Å². The predicted octanol–water partition coefficient (Wildman–Crippen LogP) is 4.56. The van der Waals surface area contributed by atoms with Crippen molar-refractivity contribution in [2.75, 3.05) is 5.32 Å². The van der Waals surface area contributed by atoms with Gasteiger partial charge >= 0.3 is 0 Å². The Balaban J connectivity index is 2.90.